The fourth-order valence-electron chi connectivity index (χ4n) is 2.75. The molecule has 3 rings (SSSR count). The van der Waals surface area contributed by atoms with Crippen LogP contribution in [0.25, 0.3) is 5.65 Å². The van der Waals surface area contributed by atoms with Crippen molar-refractivity contribution in [1.29, 1.82) is 0 Å². The van der Waals surface area contributed by atoms with E-state index in [-0.39, 0.29) is 5.56 Å². The van der Waals surface area contributed by atoms with Gasteiger partial charge in [-0.3, -0.25) is 9.20 Å². The van der Waals surface area contributed by atoms with Crippen LogP contribution >= 0.6 is 0 Å². The molecule has 0 aliphatic rings. The van der Waals surface area contributed by atoms with Crippen LogP contribution < -0.4 is 16.2 Å². The number of nitrogens with one attached hydrogen (secondary N) is 2. The Morgan fingerprint density at radius 1 is 1.07 bits per heavy atom. The minimum Gasteiger partial charge on any atom is -0.357 e. The maximum Gasteiger partial charge on any atom is 0.250 e. The van der Waals surface area contributed by atoms with Crippen molar-refractivity contribution in [3.63, 3.8) is 0 Å². The number of unbranched alkanes of at least 4 members (excludes halogenated alkanes) is 1. The predicted octanol–water partition coefficient (Wildman–Crippen LogP) is 1.43. The van der Waals surface area contributed by atoms with Crippen LogP contribution in [0.15, 0.2) is 58.6 Å². The third-order valence-electron chi connectivity index (χ3n) is 4.12. The first-order valence-electron chi connectivity index (χ1n) is 9.24. The molecule has 142 valence electrons. The molecule has 0 bridgehead atoms. The maximum atomic E-state index is 11.7. The molecule has 0 aliphatic heterocycles. The van der Waals surface area contributed by atoms with Gasteiger partial charge in [0.05, 0.1) is 0 Å². The van der Waals surface area contributed by atoms with Gasteiger partial charge in [-0.25, -0.2) is 4.99 Å². The lowest BCUT2D eigenvalue weighted by Gasteiger charge is -2.11. The summed E-state index contributed by atoms with van der Waals surface area (Å²) in [5, 5.41) is 14.9. The Bertz CT molecular complexity index is 944. The summed E-state index contributed by atoms with van der Waals surface area (Å²) in [5.41, 5.74) is 0.859. The number of aromatic nitrogens is 4. The second-order valence-electron chi connectivity index (χ2n) is 6.11. The predicted molar refractivity (Wildman–Crippen MR) is 106 cm³/mol. The fourth-order valence-corrected chi connectivity index (χ4v) is 2.75. The number of fused-ring (bicyclic) bond motifs is 1. The van der Waals surface area contributed by atoms with Gasteiger partial charge in [-0.05, 0) is 38.0 Å². The smallest absolute Gasteiger partial charge is 0.250 e. The van der Waals surface area contributed by atoms with Gasteiger partial charge in [0.15, 0.2) is 17.4 Å². The lowest BCUT2D eigenvalue weighted by atomic mass is 10.3. The summed E-state index contributed by atoms with van der Waals surface area (Å²) in [6.07, 6.45) is 5.63. The van der Waals surface area contributed by atoms with Gasteiger partial charge < -0.3 is 15.2 Å². The highest BCUT2D eigenvalue weighted by molar-refractivity contribution is 5.79. The van der Waals surface area contributed by atoms with Gasteiger partial charge in [0.1, 0.15) is 6.54 Å². The van der Waals surface area contributed by atoms with Crippen LogP contribution in [0.4, 0.5) is 0 Å². The summed E-state index contributed by atoms with van der Waals surface area (Å²) >= 11 is 0. The number of pyridine rings is 2. The highest BCUT2D eigenvalue weighted by Crippen LogP contribution is 2.03. The van der Waals surface area contributed by atoms with Crippen molar-refractivity contribution in [2.45, 2.75) is 32.9 Å². The average molecular weight is 367 g/mol. The van der Waals surface area contributed by atoms with Crippen molar-refractivity contribution in [2.75, 3.05) is 13.1 Å². The highest BCUT2D eigenvalue weighted by Gasteiger charge is 2.04. The molecule has 27 heavy (non-hydrogen) atoms. The van der Waals surface area contributed by atoms with Gasteiger partial charge in [-0.15, -0.1) is 10.2 Å². The molecule has 3 aromatic heterocycles. The first kappa shape index (κ1) is 18.6. The number of rotatable bonds is 8. The van der Waals surface area contributed by atoms with E-state index in [0.29, 0.717) is 6.54 Å². The van der Waals surface area contributed by atoms with Crippen LogP contribution in [-0.4, -0.2) is 38.2 Å². The molecular formula is C19H25N7O. The molecule has 0 radical (unpaired) electrons. The summed E-state index contributed by atoms with van der Waals surface area (Å²) in [6, 6.07) is 11.0. The number of nitrogens with zero attached hydrogens (tertiary/aromatic N) is 5. The van der Waals surface area contributed by atoms with E-state index in [1.165, 1.54) is 0 Å². The standard InChI is InChI=1S/C19H25N7O/c1-2-20-19(21-11-5-8-13-25-12-6-4-10-18(25)27)22-15-17-24-23-16-9-3-7-14-26(16)17/h3-4,6-7,9-10,12,14H,2,5,8,11,13,15H2,1H3,(H2,20,21,22). The van der Waals surface area contributed by atoms with Crippen molar-refractivity contribution in [3.05, 3.63) is 65.0 Å². The first-order chi connectivity index (χ1) is 13.3. The van der Waals surface area contributed by atoms with Gasteiger partial charge in [0, 0.05) is 38.1 Å². The highest BCUT2D eigenvalue weighted by atomic mass is 16.1. The molecule has 0 unspecified atom stereocenters. The van der Waals surface area contributed by atoms with Crippen LogP contribution in [0.1, 0.15) is 25.6 Å². The fraction of sp³-hybridized carbons (Fsp3) is 0.368. The van der Waals surface area contributed by atoms with Gasteiger partial charge in [-0.2, -0.15) is 0 Å². The monoisotopic (exact) mass is 367 g/mol. The van der Waals surface area contributed by atoms with E-state index in [1.54, 1.807) is 16.7 Å². The molecule has 0 aromatic carbocycles. The molecule has 0 saturated heterocycles. The lowest BCUT2D eigenvalue weighted by molar-refractivity contribution is 0.585. The van der Waals surface area contributed by atoms with E-state index in [1.807, 2.05) is 48.0 Å². The minimum absolute atomic E-state index is 0.0425. The Morgan fingerprint density at radius 2 is 1.93 bits per heavy atom. The topological polar surface area (TPSA) is 88.6 Å². The van der Waals surface area contributed by atoms with Crippen molar-refractivity contribution in [2.24, 2.45) is 4.99 Å². The third kappa shape index (κ3) is 5.16. The second kappa shape index (κ2) is 9.51. The van der Waals surface area contributed by atoms with Crippen LogP contribution in [0.3, 0.4) is 0 Å². The molecular weight excluding hydrogens is 342 g/mol. The molecule has 0 amide bonds. The maximum absolute atomic E-state index is 11.7. The van der Waals surface area contributed by atoms with E-state index in [4.69, 9.17) is 0 Å². The number of guanidine groups is 1. The molecule has 0 spiro atoms. The van der Waals surface area contributed by atoms with E-state index in [0.717, 1.165) is 49.9 Å². The Hall–Kier alpha value is -3.16. The molecule has 3 heterocycles. The largest absolute Gasteiger partial charge is 0.357 e. The minimum atomic E-state index is 0.0425. The Balaban J connectivity index is 1.49. The van der Waals surface area contributed by atoms with Crippen LogP contribution in [0.2, 0.25) is 0 Å². The zero-order chi connectivity index (χ0) is 18.9. The van der Waals surface area contributed by atoms with Crippen molar-refractivity contribution < 1.29 is 0 Å². The van der Waals surface area contributed by atoms with Crippen LogP contribution in [0, 0.1) is 0 Å². The summed E-state index contributed by atoms with van der Waals surface area (Å²) in [7, 11) is 0. The van der Waals surface area contributed by atoms with Gasteiger partial charge in [0.2, 0.25) is 5.56 Å². The van der Waals surface area contributed by atoms with Crippen molar-refractivity contribution in [3.8, 4) is 0 Å². The first-order valence-corrected chi connectivity index (χ1v) is 9.24. The van der Waals surface area contributed by atoms with Gasteiger partial charge >= 0.3 is 0 Å². The van der Waals surface area contributed by atoms with E-state index in [9.17, 15) is 4.79 Å². The normalized spacial score (nSPS) is 11.7. The molecule has 8 heteroatoms. The van der Waals surface area contributed by atoms with Crippen LogP contribution in [0.5, 0.6) is 0 Å². The van der Waals surface area contributed by atoms with Crippen molar-refractivity contribution in [1.82, 2.24) is 29.8 Å². The Morgan fingerprint density at radius 3 is 2.78 bits per heavy atom. The summed E-state index contributed by atoms with van der Waals surface area (Å²) in [4.78, 5) is 16.3. The van der Waals surface area contributed by atoms with Gasteiger partial charge in [-0.1, -0.05) is 12.1 Å². The molecule has 0 aliphatic carbocycles. The Labute approximate surface area is 158 Å². The lowest BCUT2D eigenvalue weighted by Crippen LogP contribution is -2.37. The second-order valence-corrected chi connectivity index (χ2v) is 6.11. The molecule has 8 nitrogen and oxygen atoms in total. The molecule has 2 N–H and O–H groups in total. The summed E-state index contributed by atoms with van der Waals surface area (Å²) < 4.78 is 3.67. The molecule has 0 saturated carbocycles. The van der Waals surface area contributed by atoms with Gasteiger partial charge in [0.25, 0.3) is 0 Å². The average Bonchev–Trinajstić information content (AvgIpc) is 3.10. The van der Waals surface area contributed by atoms with E-state index >= 15 is 0 Å². The summed E-state index contributed by atoms with van der Waals surface area (Å²) in [6.45, 7) is 4.77. The number of hydrogen-bond acceptors (Lipinski definition) is 4. The SMILES string of the molecule is CCNC(=NCc1nnc2ccccn12)NCCCCn1ccccc1=O. The number of aliphatic imine (C=N–C) groups is 1. The van der Waals surface area contributed by atoms with E-state index in [2.05, 4.69) is 25.8 Å². The molecule has 3 aromatic rings. The quantitative estimate of drug-likeness (QED) is 0.357. The third-order valence-corrected chi connectivity index (χ3v) is 4.12. The van der Waals surface area contributed by atoms with Crippen LogP contribution in [-0.2, 0) is 13.1 Å². The summed E-state index contributed by atoms with van der Waals surface area (Å²) in [5.74, 6) is 1.55. The Kier molecular flexibility index (Phi) is 6.56. The number of hydrogen-bond donors (Lipinski definition) is 2. The van der Waals surface area contributed by atoms with Crippen molar-refractivity contribution >= 4 is 11.6 Å². The molecule has 0 fully saturated rings. The zero-order valence-electron chi connectivity index (χ0n) is 15.5. The van der Waals surface area contributed by atoms with E-state index < -0.39 is 0 Å². The zero-order valence-corrected chi connectivity index (χ0v) is 15.5. The molecule has 0 atom stereocenters. The number of aryl methyl sites for hydroxylation is 1.